The molecule has 0 aromatic heterocycles. The summed E-state index contributed by atoms with van der Waals surface area (Å²) < 4.78 is 52.0. The molecule has 0 aliphatic heterocycles. The molecule has 0 saturated carbocycles. The number of hydrogen-bond acceptors (Lipinski definition) is 5. The van der Waals surface area contributed by atoms with E-state index in [1.807, 2.05) is 0 Å². The van der Waals surface area contributed by atoms with Crippen molar-refractivity contribution < 1.29 is 32.2 Å². The van der Waals surface area contributed by atoms with Gasteiger partial charge in [-0.1, -0.05) is 29.8 Å². The maximum Gasteiger partial charge on any atom is 0.573 e. The highest BCUT2D eigenvalue weighted by atomic mass is 35.5. The number of alkyl halides is 3. The first kappa shape index (κ1) is 22.6. The van der Waals surface area contributed by atoms with Crippen LogP contribution in [0.1, 0.15) is 5.56 Å². The van der Waals surface area contributed by atoms with E-state index < -0.39 is 12.3 Å². The number of benzene rings is 2. The molecule has 29 heavy (non-hydrogen) atoms. The molecule has 10 heteroatoms. The molecule has 1 amide bonds. The van der Waals surface area contributed by atoms with E-state index in [2.05, 4.69) is 10.1 Å². The standard InChI is InChI=1S/C19H20ClF3N2O4/c1-25(10-12-6-4-5-7-15(12)29-19(21,22)23)11-18(26)24-14-8-13(20)16(27-2)9-17(14)28-3/h4-9H,10-11H2,1-3H3,(H,24,26). The van der Waals surface area contributed by atoms with E-state index in [0.29, 0.717) is 22.7 Å². The molecular formula is C19H20ClF3N2O4. The molecule has 0 atom stereocenters. The third-order valence-electron chi connectivity index (χ3n) is 3.80. The van der Waals surface area contributed by atoms with Crippen molar-refractivity contribution in [2.75, 3.05) is 33.1 Å². The Morgan fingerprint density at radius 3 is 2.38 bits per heavy atom. The molecule has 0 heterocycles. The van der Waals surface area contributed by atoms with E-state index in [1.165, 1.54) is 44.6 Å². The van der Waals surface area contributed by atoms with Gasteiger partial charge in [-0.25, -0.2) is 0 Å². The molecule has 0 spiro atoms. The van der Waals surface area contributed by atoms with Crippen molar-refractivity contribution in [2.24, 2.45) is 0 Å². The van der Waals surface area contributed by atoms with Crippen molar-refractivity contribution in [1.29, 1.82) is 0 Å². The first-order chi connectivity index (χ1) is 13.6. The smallest absolute Gasteiger partial charge is 0.495 e. The lowest BCUT2D eigenvalue weighted by atomic mass is 10.2. The van der Waals surface area contributed by atoms with Gasteiger partial charge in [0.25, 0.3) is 0 Å². The first-order valence-electron chi connectivity index (χ1n) is 8.36. The van der Waals surface area contributed by atoms with Crippen LogP contribution < -0.4 is 19.5 Å². The third kappa shape index (κ3) is 6.72. The van der Waals surface area contributed by atoms with E-state index in [1.54, 1.807) is 18.0 Å². The SMILES string of the molecule is COc1cc(OC)c(NC(=O)CN(C)Cc2ccccc2OC(F)(F)F)cc1Cl. The quantitative estimate of drug-likeness (QED) is 0.673. The predicted molar refractivity (Wildman–Crippen MR) is 103 cm³/mol. The van der Waals surface area contributed by atoms with Gasteiger partial charge in [0.1, 0.15) is 17.2 Å². The number of amides is 1. The van der Waals surface area contributed by atoms with Crippen LogP contribution in [0.4, 0.5) is 18.9 Å². The zero-order valence-corrected chi connectivity index (χ0v) is 16.7. The first-order valence-corrected chi connectivity index (χ1v) is 8.74. The van der Waals surface area contributed by atoms with Gasteiger partial charge in [-0.2, -0.15) is 0 Å². The van der Waals surface area contributed by atoms with Gasteiger partial charge in [0.05, 0.1) is 31.5 Å². The molecule has 0 unspecified atom stereocenters. The second-order valence-electron chi connectivity index (χ2n) is 6.06. The molecule has 2 rings (SSSR count). The third-order valence-corrected chi connectivity index (χ3v) is 4.10. The second kappa shape index (κ2) is 9.71. The van der Waals surface area contributed by atoms with Crippen molar-refractivity contribution in [3.05, 3.63) is 47.0 Å². The topological polar surface area (TPSA) is 60.0 Å². The molecular weight excluding hydrogens is 413 g/mol. The number of methoxy groups -OCH3 is 2. The minimum atomic E-state index is -4.80. The monoisotopic (exact) mass is 432 g/mol. The van der Waals surface area contributed by atoms with Crippen LogP contribution in [0.2, 0.25) is 5.02 Å². The van der Waals surface area contributed by atoms with Crippen LogP contribution in [0.3, 0.4) is 0 Å². The maximum atomic E-state index is 12.5. The van der Waals surface area contributed by atoms with Crippen LogP contribution in [0, 0.1) is 0 Å². The highest BCUT2D eigenvalue weighted by Gasteiger charge is 2.32. The fraction of sp³-hybridized carbons (Fsp3) is 0.316. The second-order valence-corrected chi connectivity index (χ2v) is 6.47. The van der Waals surface area contributed by atoms with Crippen molar-refractivity contribution >= 4 is 23.2 Å². The highest BCUT2D eigenvalue weighted by molar-refractivity contribution is 6.32. The Bertz CT molecular complexity index is 862. The summed E-state index contributed by atoms with van der Waals surface area (Å²) in [5.74, 6) is 0.0307. The minimum Gasteiger partial charge on any atom is -0.495 e. The number of hydrogen-bond donors (Lipinski definition) is 1. The summed E-state index contributed by atoms with van der Waals surface area (Å²) in [5.41, 5.74) is 0.641. The summed E-state index contributed by atoms with van der Waals surface area (Å²) in [6.45, 7) is -0.0205. The molecule has 0 bridgehead atoms. The predicted octanol–water partition coefficient (Wildman–Crippen LogP) is 4.33. The maximum absolute atomic E-state index is 12.5. The molecule has 0 fully saturated rings. The van der Waals surface area contributed by atoms with Crippen LogP contribution >= 0.6 is 11.6 Å². The van der Waals surface area contributed by atoms with Crippen molar-refractivity contribution in [3.63, 3.8) is 0 Å². The fourth-order valence-corrected chi connectivity index (χ4v) is 2.84. The molecule has 0 aliphatic carbocycles. The number of likely N-dealkylation sites (N-methyl/N-ethyl adjacent to an activating group) is 1. The summed E-state index contributed by atoms with van der Waals surface area (Å²) in [4.78, 5) is 13.9. The number of nitrogens with one attached hydrogen (secondary N) is 1. The molecule has 0 radical (unpaired) electrons. The summed E-state index contributed by atoms with van der Waals surface area (Å²) in [6, 6.07) is 8.78. The zero-order chi connectivity index (χ0) is 21.6. The number of halogens is 4. The number of anilines is 1. The Balaban J connectivity index is 2.05. The zero-order valence-electron chi connectivity index (χ0n) is 16.0. The Hall–Kier alpha value is -2.65. The lowest BCUT2D eigenvalue weighted by Gasteiger charge is -2.20. The van der Waals surface area contributed by atoms with E-state index in [9.17, 15) is 18.0 Å². The van der Waals surface area contributed by atoms with Crippen molar-refractivity contribution in [1.82, 2.24) is 4.90 Å². The van der Waals surface area contributed by atoms with Gasteiger partial charge < -0.3 is 19.5 Å². The van der Waals surface area contributed by atoms with Gasteiger partial charge in [0.2, 0.25) is 5.91 Å². The van der Waals surface area contributed by atoms with E-state index >= 15 is 0 Å². The number of para-hydroxylation sites is 1. The molecule has 0 saturated heterocycles. The molecule has 6 nitrogen and oxygen atoms in total. The molecule has 1 N–H and O–H groups in total. The Labute approximate surface area is 171 Å². The van der Waals surface area contributed by atoms with Crippen LogP contribution in [0.15, 0.2) is 36.4 Å². The molecule has 2 aromatic rings. The molecule has 0 aliphatic rings. The molecule has 2 aromatic carbocycles. The average molecular weight is 433 g/mol. The van der Waals surface area contributed by atoms with Crippen molar-refractivity contribution in [3.8, 4) is 17.2 Å². The largest absolute Gasteiger partial charge is 0.573 e. The lowest BCUT2D eigenvalue weighted by Crippen LogP contribution is -2.30. The van der Waals surface area contributed by atoms with Crippen LogP contribution in [-0.4, -0.2) is 45.0 Å². The van der Waals surface area contributed by atoms with Crippen LogP contribution in [0.5, 0.6) is 17.2 Å². The van der Waals surface area contributed by atoms with Crippen LogP contribution in [0.25, 0.3) is 0 Å². The van der Waals surface area contributed by atoms with Crippen molar-refractivity contribution in [2.45, 2.75) is 12.9 Å². The van der Waals surface area contributed by atoms with E-state index in [-0.39, 0.29) is 23.9 Å². The minimum absolute atomic E-state index is 0.0696. The van der Waals surface area contributed by atoms with E-state index in [4.69, 9.17) is 21.1 Å². The Morgan fingerprint density at radius 2 is 1.76 bits per heavy atom. The van der Waals surface area contributed by atoms with Gasteiger partial charge in [-0.3, -0.25) is 9.69 Å². The Kier molecular flexibility index (Phi) is 7.58. The highest BCUT2D eigenvalue weighted by Crippen LogP contribution is 2.36. The van der Waals surface area contributed by atoms with Gasteiger partial charge in [-0.15, -0.1) is 13.2 Å². The summed E-state index contributed by atoms with van der Waals surface area (Å²) >= 11 is 6.08. The summed E-state index contributed by atoms with van der Waals surface area (Å²) in [5, 5.41) is 2.95. The van der Waals surface area contributed by atoms with Gasteiger partial charge >= 0.3 is 6.36 Å². The number of ether oxygens (including phenoxy) is 3. The fourth-order valence-electron chi connectivity index (χ4n) is 2.60. The Morgan fingerprint density at radius 1 is 1.10 bits per heavy atom. The lowest BCUT2D eigenvalue weighted by molar-refractivity contribution is -0.275. The van der Waals surface area contributed by atoms with E-state index in [0.717, 1.165) is 0 Å². The number of rotatable bonds is 8. The van der Waals surface area contributed by atoms with Gasteiger partial charge in [0, 0.05) is 18.2 Å². The van der Waals surface area contributed by atoms with Gasteiger partial charge in [-0.05, 0) is 19.2 Å². The normalized spacial score (nSPS) is 11.3. The number of carbonyl (C=O) groups excluding carboxylic acids is 1. The summed E-state index contributed by atoms with van der Waals surface area (Å²) in [7, 11) is 4.48. The number of carbonyl (C=O) groups is 1. The average Bonchev–Trinajstić information content (AvgIpc) is 2.62. The number of nitrogens with zero attached hydrogens (tertiary/aromatic N) is 1. The molecule has 158 valence electrons. The summed E-state index contributed by atoms with van der Waals surface area (Å²) in [6.07, 6.45) is -4.80. The van der Waals surface area contributed by atoms with Crippen LogP contribution in [-0.2, 0) is 11.3 Å². The van der Waals surface area contributed by atoms with Gasteiger partial charge in [0.15, 0.2) is 0 Å².